The third-order valence-corrected chi connectivity index (χ3v) is 5.78. The van der Waals surface area contributed by atoms with Crippen LogP contribution in [-0.2, 0) is 4.74 Å². The molecule has 1 aliphatic rings. The van der Waals surface area contributed by atoms with E-state index in [0.29, 0.717) is 0 Å². The minimum atomic E-state index is 0. The van der Waals surface area contributed by atoms with Crippen LogP contribution in [0.5, 0.6) is 0 Å². The van der Waals surface area contributed by atoms with Crippen molar-refractivity contribution in [1.82, 2.24) is 9.58 Å². The average Bonchev–Trinajstić information content (AvgIpc) is 3.27. The molecule has 1 aromatic heterocycles. The van der Waals surface area contributed by atoms with Crippen molar-refractivity contribution in [3.05, 3.63) is 84.1 Å². The molecule has 1 aliphatic heterocycles. The van der Waals surface area contributed by atoms with E-state index in [2.05, 4.69) is 69.4 Å². The van der Waals surface area contributed by atoms with Crippen LogP contribution in [0.4, 0.5) is 11.4 Å². The van der Waals surface area contributed by atoms with Gasteiger partial charge in [0, 0.05) is 64.9 Å². The number of hydrogen-bond acceptors (Lipinski definition) is 6. The Morgan fingerprint density at radius 3 is 1.94 bits per heavy atom. The van der Waals surface area contributed by atoms with Gasteiger partial charge in [-0.25, -0.2) is 0 Å². The molecule has 2 aromatic carbocycles. The van der Waals surface area contributed by atoms with Gasteiger partial charge in [0.25, 0.3) is 0 Å². The first-order valence-corrected chi connectivity index (χ1v) is 11.8. The highest BCUT2D eigenvalue weighted by Gasteiger charge is 2.15. The molecule has 36 heavy (non-hydrogen) atoms. The summed E-state index contributed by atoms with van der Waals surface area (Å²) in [5.74, 6) is 0.846. The molecule has 9 heteroatoms. The maximum Gasteiger partial charge on any atom is 0.334 e. The van der Waals surface area contributed by atoms with E-state index < -0.39 is 0 Å². The molecule has 0 N–H and O–H groups in total. The molecule has 8 nitrogen and oxygen atoms in total. The van der Waals surface area contributed by atoms with Crippen molar-refractivity contribution in [2.75, 3.05) is 64.3 Å². The van der Waals surface area contributed by atoms with E-state index in [0.717, 1.165) is 54.6 Å². The fourth-order valence-corrected chi connectivity index (χ4v) is 3.61. The summed E-state index contributed by atoms with van der Waals surface area (Å²) in [6.45, 7) is 3.24. The van der Waals surface area contributed by atoms with Gasteiger partial charge in [-0.05, 0) is 35.4 Å². The molecule has 4 rings (SSSR count). The van der Waals surface area contributed by atoms with Gasteiger partial charge in [-0.1, -0.05) is 43.8 Å². The summed E-state index contributed by atoms with van der Waals surface area (Å²) in [5.41, 5.74) is 4.37. The lowest BCUT2D eigenvalue weighted by Gasteiger charge is -2.24. The number of nitrogens with zero attached hydrogens (tertiary/aromatic N) is 7. The molecule has 1 fully saturated rings. The molecule has 1 saturated heterocycles. The fraction of sp³-hybridized carbons (Fsp3) is 0.296. The van der Waals surface area contributed by atoms with Gasteiger partial charge in [0.2, 0.25) is 0 Å². The van der Waals surface area contributed by atoms with E-state index >= 15 is 0 Å². The van der Waals surface area contributed by atoms with Crippen molar-refractivity contribution in [3.8, 4) is 0 Å². The molecule has 2 heterocycles. The van der Waals surface area contributed by atoms with Crippen LogP contribution in [0.15, 0.2) is 77.3 Å². The normalized spacial score (nSPS) is 14.1. The maximum atomic E-state index is 5.47. The Morgan fingerprint density at radius 2 is 1.39 bits per heavy atom. The molecule has 0 spiro atoms. The Labute approximate surface area is 219 Å². The number of imidazole rings is 1. The van der Waals surface area contributed by atoms with E-state index in [1.165, 1.54) is 0 Å². The van der Waals surface area contributed by atoms with Gasteiger partial charge in [0.15, 0.2) is 12.4 Å². The smallest absolute Gasteiger partial charge is 0.334 e. The molecule has 0 saturated carbocycles. The minimum Gasteiger partial charge on any atom is -1.00 e. The topological polar surface area (TPSA) is 52.5 Å². The highest BCUT2D eigenvalue weighted by Crippen LogP contribution is 2.12. The van der Waals surface area contributed by atoms with Crippen molar-refractivity contribution in [1.29, 1.82) is 0 Å². The molecule has 0 bridgehead atoms. The van der Waals surface area contributed by atoms with Crippen LogP contribution in [-0.4, -0.2) is 76.5 Å². The van der Waals surface area contributed by atoms with Gasteiger partial charge >= 0.3 is 5.82 Å². The van der Waals surface area contributed by atoms with Gasteiger partial charge < -0.3 is 31.8 Å². The first-order valence-electron chi connectivity index (χ1n) is 11.8. The number of anilines is 2. The van der Waals surface area contributed by atoms with E-state index in [1.807, 2.05) is 68.4 Å². The van der Waals surface area contributed by atoms with Crippen LogP contribution < -0.4 is 26.9 Å². The van der Waals surface area contributed by atoms with Crippen molar-refractivity contribution >= 4 is 29.9 Å². The van der Waals surface area contributed by atoms with Crippen molar-refractivity contribution in [2.45, 2.75) is 0 Å². The SMILES string of the molecule is CN(C)c1ccc(/C=N/n2cc[n+](/N=C/c3ccc(N(C)C)cc3)c2/C=C/N2CCOCC2)cc1.[Cl-]. The summed E-state index contributed by atoms with van der Waals surface area (Å²) in [4.78, 5) is 6.41. The lowest BCUT2D eigenvalue weighted by molar-refractivity contribution is -0.679. The summed E-state index contributed by atoms with van der Waals surface area (Å²) in [6, 6.07) is 16.6. The highest BCUT2D eigenvalue weighted by molar-refractivity contribution is 5.80. The Bertz CT molecular complexity index is 1100. The Balaban J connectivity index is 0.00000361. The van der Waals surface area contributed by atoms with Crippen LogP contribution in [0.3, 0.4) is 0 Å². The number of rotatable bonds is 8. The quantitative estimate of drug-likeness (QED) is 0.318. The second kappa shape index (κ2) is 12.9. The zero-order valence-electron chi connectivity index (χ0n) is 21.3. The Morgan fingerprint density at radius 1 is 0.833 bits per heavy atom. The number of hydrogen-bond donors (Lipinski definition) is 0. The summed E-state index contributed by atoms with van der Waals surface area (Å²) in [5, 5.41) is 9.41. The molecule has 3 aromatic rings. The second-order valence-corrected chi connectivity index (χ2v) is 8.77. The van der Waals surface area contributed by atoms with Gasteiger partial charge in [0.05, 0.1) is 25.6 Å². The monoisotopic (exact) mass is 507 g/mol. The van der Waals surface area contributed by atoms with Crippen molar-refractivity contribution in [3.63, 3.8) is 0 Å². The maximum absolute atomic E-state index is 5.47. The first-order chi connectivity index (χ1) is 17.0. The van der Waals surface area contributed by atoms with Crippen LogP contribution in [0.1, 0.15) is 17.0 Å². The van der Waals surface area contributed by atoms with E-state index in [-0.39, 0.29) is 12.4 Å². The van der Waals surface area contributed by atoms with Crippen LogP contribution in [0, 0.1) is 0 Å². The fourth-order valence-electron chi connectivity index (χ4n) is 3.61. The molecular weight excluding hydrogens is 474 g/mol. The summed E-state index contributed by atoms with van der Waals surface area (Å²) >= 11 is 0. The average molecular weight is 508 g/mol. The molecule has 0 aliphatic carbocycles. The molecular formula is C27H34ClN7O. The molecule has 0 atom stereocenters. The van der Waals surface area contributed by atoms with E-state index in [1.54, 1.807) is 0 Å². The zero-order chi connectivity index (χ0) is 24.6. The molecule has 190 valence electrons. The lowest BCUT2D eigenvalue weighted by Crippen LogP contribution is -3.00. The summed E-state index contributed by atoms with van der Waals surface area (Å²) in [6.07, 6.45) is 11.7. The second-order valence-electron chi connectivity index (χ2n) is 8.77. The Hall–Kier alpha value is -3.62. The summed E-state index contributed by atoms with van der Waals surface area (Å²) in [7, 11) is 8.13. The van der Waals surface area contributed by atoms with Gasteiger partial charge in [0.1, 0.15) is 0 Å². The van der Waals surface area contributed by atoms with E-state index in [9.17, 15) is 0 Å². The van der Waals surface area contributed by atoms with Crippen LogP contribution >= 0.6 is 0 Å². The highest BCUT2D eigenvalue weighted by atomic mass is 35.5. The minimum absolute atomic E-state index is 0. The standard InChI is InChI=1S/C27H34N7O.ClH/c1-30(2)25-9-5-23(6-10-25)21-28-33-15-16-34(27(33)13-14-32-17-19-35-20-18-32)29-22-24-7-11-26(12-8-24)31(3)4;/h5-16,21-22H,17-20H2,1-4H3;1H/q+1;/p-1/b28-21+,29-22+;. The van der Waals surface area contributed by atoms with E-state index in [4.69, 9.17) is 14.9 Å². The van der Waals surface area contributed by atoms with Crippen molar-refractivity contribution in [2.24, 2.45) is 10.2 Å². The number of ether oxygens (including phenoxy) is 1. The molecule has 0 unspecified atom stereocenters. The van der Waals surface area contributed by atoms with Gasteiger partial charge in [-0.3, -0.25) is 0 Å². The molecule has 0 amide bonds. The molecule has 0 radical (unpaired) electrons. The predicted molar refractivity (Wildman–Crippen MR) is 144 cm³/mol. The first kappa shape index (κ1) is 27.0. The number of halogens is 1. The Kier molecular flexibility index (Phi) is 9.67. The van der Waals surface area contributed by atoms with Crippen molar-refractivity contribution < 1.29 is 21.8 Å². The number of morpholine rings is 1. The largest absolute Gasteiger partial charge is 1.00 e. The van der Waals surface area contributed by atoms with Gasteiger partial charge in [-0.15, -0.1) is 0 Å². The predicted octanol–water partition coefficient (Wildman–Crippen LogP) is -0.0211. The third-order valence-electron chi connectivity index (χ3n) is 5.78. The number of aromatic nitrogens is 2. The lowest BCUT2D eigenvalue weighted by atomic mass is 10.2. The number of benzene rings is 2. The van der Waals surface area contributed by atoms with Crippen LogP contribution in [0.25, 0.3) is 6.08 Å². The summed E-state index contributed by atoms with van der Waals surface area (Å²) < 4.78 is 9.14. The van der Waals surface area contributed by atoms with Gasteiger partial charge in [-0.2, -0.15) is 0 Å². The van der Waals surface area contributed by atoms with Crippen LogP contribution in [0.2, 0.25) is 0 Å². The third kappa shape index (κ3) is 7.19. The zero-order valence-corrected chi connectivity index (χ0v) is 22.1.